The topological polar surface area (TPSA) is 71.8 Å². The number of pyridine rings is 1. The second kappa shape index (κ2) is 5.31. The average molecular weight is 245 g/mol. The van der Waals surface area contributed by atoms with Crippen LogP contribution in [-0.2, 0) is 6.54 Å². The average Bonchev–Trinajstić information content (AvgIpc) is 2.86. The smallest absolute Gasteiger partial charge is 0.259 e. The molecule has 2 rings (SSSR count). The molecule has 2 heterocycles. The molecule has 0 saturated carbocycles. The first-order valence-electron chi connectivity index (χ1n) is 5.71. The van der Waals surface area contributed by atoms with E-state index in [1.54, 1.807) is 42.5 Å². The SMILES string of the molecule is CCn1cc(NC(=O)c2cccnc2NC)cn1. The fourth-order valence-electron chi connectivity index (χ4n) is 1.59. The molecule has 1 amide bonds. The second-order valence-corrected chi connectivity index (χ2v) is 3.69. The van der Waals surface area contributed by atoms with Crippen LogP contribution in [0.3, 0.4) is 0 Å². The monoisotopic (exact) mass is 245 g/mol. The highest BCUT2D eigenvalue weighted by molar-refractivity contribution is 6.07. The Balaban J connectivity index is 2.16. The molecule has 0 atom stereocenters. The molecule has 0 saturated heterocycles. The fourth-order valence-corrected chi connectivity index (χ4v) is 1.59. The number of carbonyl (C=O) groups excluding carboxylic acids is 1. The van der Waals surface area contributed by atoms with Gasteiger partial charge in [-0.25, -0.2) is 4.98 Å². The van der Waals surface area contributed by atoms with E-state index in [1.807, 2.05) is 6.92 Å². The van der Waals surface area contributed by atoms with Crippen molar-refractivity contribution in [2.24, 2.45) is 0 Å². The lowest BCUT2D eigenvalue weighted by molar-refractivity contribution is 0.102. The molecule has 0 bridgehead atoms. The van der Waals surface area contributed by atoms with Crippen molar-refractivity contribution in [3.8, 4) is 0 Å². The summed E-state index contributed by atoms with van der Waals surface area (Å²) in [4.78, 5) is 16.2. The van der Waals surface area contributed by atoms with Gasteiger partial charge in [-0.2, -0.15) is 5.10 Å². The minimum Gasteiger partial charge on any atom is -0.372 e. The van der Waals surface area contributed by atoms with E-state index < -0.39 is 0 Å². The molecule has 0 spiro atoms. The summed E-state index contributed by atoms with van der Waals surface area (Å²) in [6.45, 7) is 2.75. The molecule has 0 aromatic carbocycles. The Hall–Kier alpha value is -2.37. The van der Waals surface area contributed by atoms with Crippen LogP contribution in [0.15, 0.2) is 30.7 Å². The van der Waals surface area contributed by atoms with Crippen LogP contribution in [0.2, 0.25) is 0 Å². The van der Waals surface area contributed by atoms with Crippen LogP contribution in [0, 0.1) is 0 Å². The van der Waals surface area contributed by atoms with Gasteiger partial charge < -0.3 is 10.6 Å². The molecule has 0 fully saturated rings. The third-order valence-electron chi connectivity index (χ3n) is 2.50. The summed E-state index contributed by atoms with van der Waals surface area (Å²) in [7, 11) is 1.73. The third kappa shape index (κ3) is 2.48. The van der Waals surface area contributed by atoms with E-state index in [2.05, 4.69) is 20.7 Å². The van der Waals surface area contributed by atoms with Gasteiger partial charge in [0.05, 0.1) is 17.4 Å². The van der Waals surface area contributed by atoms with Gasteiger partial charge in [-0.3, -0.25) is 9.48 Å². The highest BCUT2D eigenvalue weighted by Crippen LogP contribution is 2.13. The normalized spacial score (nSPS) is 10.1. The number of carbonyl (C=O) groups is 1. The molecular weight excluding hydrogens is 230 g/mol. The van der Waals surface area contributed by atoms with Crippen LogP contribution in [0.1, 0.15) is 17.3 Å². The number of hydrogen-bond acceptors (Lipinski definition) is 4. The van der Waals surface area contributed by atoms with Crippen LogP contribution < -0.4 is 10.6 Å². The first kappa shape index (κ1) is 12.1. The molecule has 6 nitrogen and oxygen atoms in total. The first-order chi connectivity index (χ1) is 8.74. The van der Waals surface area contributed by atoms with E-state index in [4.69, 9.17) is 0 Å². The number of hydrogen-bond donors (Lipinski definition) is 2. The minimum atomic E-state index is -0.205. The zero-order valence-corrected chi connectivity index (χ0v) is 10.3. The summed E-state index contributed by atoms with van der Waals surface area (Å²) >= 11 is 0. The van der Waals surface area contributed by atoms with E-state index in [-0.39, 0.29) is 5.91 Å². The molecule has 6 heteroatoms. The van der Waals surface area contributed by atoms with Crippen molar-refractivity contribution in [1.29, 1.82) is 0 Å². The maximum absolute atomic E-state index is 12.1. The summed E-state index contributed by atoms with van der Waals surface area (Å²) in [5.74, 6) is 0.348. The molecular formula is C12H15N5O. The number of rotatable bonds is 4. The molecule has 2 N–H and O–H groups in total. The fraction of sp³-hybridized carbons (Fsp3) is 0.250. The van der Waals surface area contributed by atoms with E-state index >= 15 is 0 Å². The Morgan fingerprint density at radius 2 is 2.33 bits per heavy atom. The second-order valence-electron chi connectivity index (χ2n) is 3.69. The zero-order valence-electron chi connectivity index (χ0n) is 10.3. The van der Waals surface area contributed by atoms with Crippen LogP contribution in [0.4, 0.5) is 11.5 Å². The first-order valence-corrected chi connectivity index (χ1v) is 5.71. The summed E-state index contributed by atoms with van der Waals surface area (Å²) in [6, 6.07) is 3.45. The quantitative estimate of drug-likeness (QED) is 0.858. The molecule has 0 aliphatic carbocycles. The lowest BCUT2D eigenvalue weighted by Crippen LogP contribution is -2.14. The molecule has 94 valence electrons. The Morgan fingerprint density at radius 3 is 3.00 bits per heavy atom. The Kier molecular flexibility index (Phi) is 3.57. The van der Waals surface area contributed by atoms with Crippen LogP contribution in [0.25, 0.3) is 0 Å². The predicted molar refractivity (Wildman–Crippen MR) is 69.6 cm³/mol. The summed E-state index contributed by atoms with van der Waals surface area (Å²) in [5, 5.41) is 9.77. The number of anilines is 2. The summed E-state index contributed by atoms with van der Waals surface area (Å²) < 4.78 is 1.75. The van der Waals surface area contributed by atoms with Gasteiger partial charge in [0, 0.05) is 26.0 Å². The largest absolute Gasteiger partial charge is 0.372 e. The lowest BCUT2D eigenvalue weighted by Gasteiger charge is -2.06. The Morgan fingerprint density at radius 1 is 1.50 bits per heavy atom. The van der Waals surface area contributed by atoms with E-state index in [1.165, 1.54) is 0 Å². The summed E-state index contributed by atoms with van der Waals surface area (Å²) in [6.07, 6.45) is 5.04. The maximum atomic E-state index is 12.1. The van der Waals surface area contributed by atoms with Gasteiger partial charge in [0.25, 0.3) is 5.91 Å². The van der Waals surface area contributed by atoms with Gasteiger partial charge in [0.1, 0.15) is 5.82 Å². The van der Waals surface area contributed by atoms with Gasteiger partial charge in [-0.05, 0) is 19.1 Å². The van der Waals surface area contributed by atoms with Crippen LogP contribution in [0.5, 0.6) is 0 Å². The lowest BCUT2D eigenvalue weighted by atomic mass is 10.2. The van der Waals surface area contributed by atoms with E-state index in [0.29, 0.717) is 17.1 Å². The predicted octanol–water partition coefficient (Wildman–Crippen LogP) is 1.59. The number of amides is 1. The number of nitrogens with zero attached hydrogens (tertiary/aromatic N) is 3. The number of nitrogens with one attached hydrogen (secondary N) is 2. The van der Waals surface area contributed by atoms with Gasteiger partial charge >= 0.3 is 0 Å². The molecule has 2 aromatic heterocycles. The number of aromatic nitrogens is 3. The van der Waals surface area contributed by atoms with Crippen LogP contribution in [-0.4, -0.2) is 27.7 Å². The highest BCUT2D eigenvalue weighted by Gasteiger charge is 2.12. The highest BCUT2D eigenvalue weighted by atomic mass is 16.1. The van der Waals surface area contributed by atoms with Crippen molar-refractivity contribution in [3.63, 3.8) is 0 Å². The van der Waals surface area contributed by atoms with Crippen LogP contribution >= 0.6 is 0 Å². The third-order valence-corrected chi connectivity index (χ3v) is 2.50. The van der Waals surface area contributed by atoms with E-state index in [0.717, 1.165) is 6.54 Å². The number of aryl methyl sites for hydroxylation is 1. The summed E-state index contributed by atoms with van der Waals surface area (Å²) in [5.41, 5.74) is 1.18. The molecule has 0 unspecified atom stereocenters. The Labute approximate surface area is 105 Å². The molecule has 0 aliphatic heterocycles. The van der Waals surface area contributed by atoms with Crippen molar-refractivity contribution in [2.75, 3.05) is 17.7 Å². The van der Waals surface area contributed by atoms with E-state index in [9.17, 15) is 4.79 Å². The Bertz CT molecular complexity index is 549. The van der Waals surface area contributed by atoms with Crippen molar-refractivity contribution in [3.05, 3.63) is 36.3 Å². The minimum absolute atomic E-state index is 0.205. The van der Waals surface area contributed by atoms with Crippen molar-refractivity contribution >= 4 is 17.4 Å². The van der Waals surface area contributed by atoms with Crippen molar-refractivity contribution < 1.29 is 4.79 Å². The maximum Gasteiger partial charge on any atom is 0.259 e. The van der Waals surface area contributed by atoms with Gasteiger partial charge in [0.2, 0.25) is 0 Å². The molecule has 18 heavy (non-hydrogen) atoms. The van der Waals surface area contributed by atoms with Gasteiger partial charge in [-0.15, -0.1) is 0 Å². The molecule has 0 aliphatic rings. The van der Waals surface area contributed by atoms with Crippen molar-refractivity contribution in [1.82, 2.24) is 14.8 Å². The van der Waals surface area contributed by atoms with Gasteiger partial charge in [-0.1, -0.05) is 0 Å². The van der Waals surface area contributed by atoms with Crippen molar-refractivity contribution in [2.45, 2.75) is 13.5 Å². The zero-order chi connectivity index (χ0) is 13.0. The molecule has 2 aromatic rings. The van der Waals surface area contributed by atoms with Gasteiger partial charge in [0.15, 0.2) is 0 Å². The molecule has 0 radical (unpaired) electrons. The standard InChI is InChI=1S/C12H15N5O/c1-3-17-8-9(7-15-17)16-12(18)10-5-4-6-14-11(10)13-2/h4-8H,3H2,1-2H3,(H,13,14)(H,16,18).